The van der Waals surface area contributed by atoms with Crippen LogP contribution in [0.15, 0.2) is 67.3 Å². The van der Waals surface area contributed by atoms with Gasteiger partial charge in [0.1, 0.15) is 5.67 Å². The number of rotatable bonds is 1. The van der Waals surface area contributed by atoms with Gasteiger partial charge in [0.15, 0.2) is 0 Å². The molecule has 3 aliphatic heterocycles. The van der Waals surface area contributed by atoms with Gasteiger partial charge < -0.3 is 14.0 Å². The van der Waals surface area contributed by atoms with Crippen LogP contribution in [0.2, 0.25) is 0 Å². The Labute approximate surface area is 383 Å². The van der Waals surface area contributed by atoms with E-state index in [0.29, 0.717) is 24.0 Å². The number of likely N-dealkylation sites (tertiary alicyclic amines) is 3. The summed E-state index contributed by atoms with van der Waals surface area (Å²) in [5.74, 6) is 1.88. The molecule has 0 amide bonds. The van der Waals surface area contributed by atoms with Crippen molar-refractivity contribution in [3.05, 3.63) is 78.6 Å². The second kappa shape index (κ2) is 22.6. The molecule has 7 heteroatoms. The van der Waals surface area contributed by atoms with Crippen molar-refractivity contribution in [2.24, 2.45) is 17.3 Å². The quantitative estimate of drug-likeness (QED) is 0.244. The van der Waals surface area contributed by atoms with Gasteiger partial charge in [0.05, 0.1) is 0 Å². The van der Waals surface area contributed by atoms with Crippen LogP contribution in [0.5, 0.6) is 0 Å². The van der Waals surface area contributed by atoms with Crippen molar-refractivity contribution in [3.8, 4) is 0 Å². The number of pyridine rings is 1. The lowest BCUT2D eigenvalue weighted by Crippen LogP contribution is -2.63. The molecule has 0 aromatic carbocycles. The Kier molecular flexibility index (Phi) is 20.3. The Bertz CT molecular complexity index is 1630. The first-order chi connectivity index (χ1) is 28.1. The Morgan fingerprint density at radius 3 is 1.37 bits per heavy atom. The van der Waals surface area contributed by atoms with Gasteiger partial charge >= 0.3 is 0 Å². The highest BCUT2D eigenvalue weighted by atomic mass is 19.1. The molecule has 0 spiro atoms. The summed E-state index contributed by atoms with van der Waals surface area (Å²) >= 11 is 0. The van der Waals surface area contributed by atoms with E-state index in [2.05, 4.69) is 204 Å². The molecular formula is C55H99FN6. The van der Waals surface area contributed by atoms with Crippen LogP contribution in [0.4, 0.5) is 4.39 Å². The standard InChI is InChI=1S/C12H23N.C9H19N.C9H15N.C9H13N.C8H16FN.C8H13N/c1-12(2,3)10-6-8-13(9-7-10)11-4-5-11;1-8-5-6-10(7-8)9(2,3)4;1-8-6-5-7-10(8)9(2,3)4;1-9(2,3)8-6-4-5-7-10-8;1-7(2,3)10-5-8(4,9)6-10;1-8(2,3)9-6-4-5-7-9/h10-11H,4-9H2,1-3H3;8H,5-7H2,1-4H3;5-7H,1-4H3;4-7H,1-3H3;5-6H2,1-4H3;4-7H,1-3H3/t;8-;;;;/m.1..../s1. The molecule has 4 fully saturated rings. The van der Waals surface area contributed by atoms with E-state index < -0.39 is 5.67 Å². The van der Waals surface area contributed by atoms with Crippen LogP contribution in [-0.2, 0) is 16.5 Å². The minimum Gasteiger partial charge on any atom is -0.349 e. The molecule has 6 nitrogen and oxygen atoms in total. The van der Waals surface area contributed by atoms with Gasteiger partial charge in [-0.25, -0.2) is 4.39 Å². The summed E-state index contributed by atoms with van der Waals surface area (Å²) in [5, 5.41) is 0. The summed E-state index contributed by atoms with van der Waals surface area (Å²) in [6, 6.07) is 15.3. The fraction of sp³-hybridized carbons (Fsp3) is 0.764. The van der Waals surface area contributed by atoms with E-state index in [9.17, 15) is 4.39 Å². The molecule has 1 aliphatic carbocycles. The fourth-order valence-electron chi connectivity index (χ4n) is 8.15. The largest absolute Gasteiger partial charge is 0.349 e. The third kappa shape index (κ3) is 20.6. The van der Waals surface area contributed by atoms with Crippen molar-refractivity contribution in [2.75, 3.05) is 39.3 Å². The highest BCUT2D eigenvalue weighted by molar-refractivity contribution is 5.12. The number of aryl methyl sites for hydroxylation is 1. The normalized spacial score (nSPS) is 20.3. The summed E-state index contributed by atoms with van der Waals surface area (Å²) in [7, 11) is 0. The molecule has 4 aliphatic rings. The Hall–Kier alpha value is -2.48. The van der Waals surface area contributed by atoms with Gasteiger partial charge in [-0.05, 0) is 202 Å². The van der Waals surface area contributed by atoms with E-state index in [1.165, 1.54) is 64.0 Å². The molecule has 1 atom stereocenters. The van der Waals surface area contributed by atoms with Crippen molar-refractivity contribution in [1.82, 2.24) is 28.8 Å². The van der Waals surface area contributed by atoms with E-state index in [-0.39, 0.29) is 22.0 Å². The Morgan fingerprint density at radius 2 is 1.13 bits per heavy atom. The molecule has 6 heterocycles. The molecule has 356 valence electrons. The first kappa shape index (κ1) is 55.7. The molecular weight excluding hydrogens is 764 g/mol. The number of halogens is 1. The zero-order valence-corrected chi connectivity index (χ0v) is 44.4. The summed E-state index contributed by atoms with van der Waals surface area (Å²) in [5.41, 5.74) is 3.28. The topological polar surface area (TPSA) is 32.5 Å². The molecule has 0 bridgehead atoms. The minimum absolute atomic E-state index is 0.144. The van der Waals surface area contributed by atoms with Crippen LogP contribution in [0, 0.1) is 24.2 Å². The minimum atomic E-state index is -0.923. The van der Waals surface area contributed by atoms with Gasteiger partial charge in [-0.3, -0.25) is 14.8 Å². The van der Waals surface area contributed by atoms with Crippen molar-refractivity contribution >= 4 is 0 Å². The summed E-state index contributed by atoms with van der Waals surface area (Å²) in [6.45, 7) is 52.7. The third-order valence-corrected chi connectivity index (χ3v) is 12.7. The first-order valence-electron chi connectivity index (χ1n) is 24.2. The molecule has 0 unspecified atom stereocenters. The number of hydrogen-bond acceptors (Lipinski definition) is 4. The molecule has 3 aromatic rings. The number of piperidine rings is 1. The monoisotopic (exact) mass is 863 g/mol. The molecule has 3 aromatic heterocycles. The molecule has 1 saturated carbocycles. The van der Waals surface area contributed by atoms with E-state index in [4.69, 9.17) is 0 Å². The molecule has 0 N–H and O–H groups in total. The van der Waals surface area contributed by atoms with Gasteiger partial charge in [-0.2, -0.15) is 0 Å². The van der Waals surface area contributed by atoms with Crippen molar-refractivity contribution in [1.29, 1.82) is 0 Å². The Morgan fingerprint density at radius 1 is 0.597 bits per heavy atom. The fourth-order valence-corrected chi connectivity index (χ4v) is 8.15. The number of nitrogens with zero attached hydrogens (tertiary/aromatic N) is 6. The smallest absolute Gasteiger partial charge is 0.133 e. The second-order valence-electron chi connectivity index (χ2n) is 25.3. The van der Waals surface area contributed by atoms with Crippen LogP contribution in [0.3, 0.4) is 0 Å². The maximum absolute atomic E-state index is 12.9. The van der Waals surface area contributed by atoms with E-state index in [1.807, 2.05) is 30.5 Å². The van der Waals surface area contributed by atoms with Crippen molar-refractivity contribution < 1.29 is 4.39 Å². The summed E-state index contributed by atoms with van der Waals surface area (Å²) in [6.07, 6.45) is 15.3. The predicted molar refractivity (Wildman–Crippen MR) is 269 cm³/mol. The lowest BCUT2D eigenvalue weighted by atomic mass is 9.75. The van der Waals surface area contributed by atoms with Gasteiger partial charge in [0.25, 0.3) is 0 Å². The SMILES string of the molecule is CC(C)(C)C1CCN(C2CC2)CC1.CC(C)(C)c1ccccn1.CC(C)(C)n1cccc1.CC1(F)CN(C(C)(C)C)C1.C[C@@H]1CCN(C(C)(C)C)C1.Cc1cccn1C(C)(C)C. The lowest BCUT2D eigenvalue weighted by Gasteiger charge is -2.49. The lowest BCUT2D eigenvalue weighted by molar-refractivity contribution is -0.0681. The van der Waals surface area contributed by atoms with Gasteiger partial charge in [0, 0.05) is 89.4 Å². The zero-order valence-electron chi connectivity index (χ0n) is 44.4. The van der Waals surface area contributed by atoms with Gasteiger partial charge in [0.2, 0.25) is 0 Å². The average molecular weight is 863 g/mol. The van der Waals surface area contributed by atoms with Gasteiger partial charge in [-0.1, -0.05) is 54.5 Å². The van der Waals surface area contributed by atoms with Crippen LogP contribution >= 0.6 is 0 Å². The van der Waals surface area contributed by atoms with E-state index in [0.717, 1.165) is 23.6 Å². The number of alkyl halides is 1. The first-order valence-corrected chi connectivity index (χ1v) is 24.2. The zero-order chi connectivity index (χ0) is 47.5. The van der Waals surface area contributed by atoms with Crippen LogP contribution in [0.1, 0.15) is 182 Å². The van der Waals surface area contributed by atoms with Crippen LogP contribution in [-0.4, -0.2) is 90.9 Å². The van der Waals surface area contributed by atoms with E-state index >= 15 is 0 Å². The summed E-state index contributed by atoms with van der Waals surface area (Å²) in [4.78, 5) is 11.7. The molecule has 7 rings (SSSR count). The van der Waals surface area contributed by atoms with Crippen molar-refractivity contribution in [2.45, 2.75) is 217 Å². The highest BCUT2D eigenvalue weighted by Crippen LogP contribution is 2.38. The second-order valence-corrected chi connectivity index (χ2v) is 25.3. The maximum atomic E-state index is 12.9. The van der Waals surface area contributed by atoms with Crippen molar-refractivity contribution in [3.63, 3.8) is 0 Å². The predicted octanol–water partition coefficient (Wildman–Crippen LogP) is 14.0. The molecule has 62 heavy (non-hydrogen) atoms. The summed E-state index contributed by atoms with van der Waals surface area (Å²) < 4.78 is 17.4. The highest BCUT2D eigenvalue weighted by Gasteiger charge is 2.43. The maximum Gasteiger partial charge on any atom is 0.133 e. The van der Waals surface area contributed by atoms with Crippen LogP contribution in [0.25, 0.3) is 0 Å². The molecule has 3 saturated heterocycles. The Balaban J connectivity index is 0.000000257. The van der Waals surface area contributed by atoms with Crippen LogP contribution < -0.4 is 0 Å². The van der Waals surface area contributed by atoms with E-state index in [1.54, 1.807) is 6.92 Å². The average Bonchev–Trinajstić information content (AvgIpc) is 3.43. The number of aromatic nitrogens is 3. The molecule has 0 radical (unpaired) electrons. The third-order valence-electron chi connectivity index (χ3n) is 12.7. The number of hydrogen-bond donors (Lipinski definition) is 0. The van der Waals surface area contributed by atoms with Gasteiger partial charge in [-0.15, -0.1) is 0 Å².